The van der Waals surface area contributed by atoms with Crippen LogP contribution in [0.25, 0.3) is 0 Å². The lowest BCUT2D eigenvalue weighted by molar-refractivity contribution is -0.386. The number of benzene rings is 2. The van der Waals surface area contributed by atoms with Crippen LogP contribution in [0, 0.1) is 10.1 Å². The first-order valence-electron chi connectivity index (χ1n) is 8.98. The molecule has 0 spiro atoms. The average molecular weight is 463 g/mol. The number of rotatable bonds is 8. The van der Waals surface area contributed by atoms with Crippen LogP contribution in [0.2, 0.25) is 5.02 Å². The lowest BCUT2D eigenvalue weighted by Crippen LogP contribution is -2.29. The lowest BCUT2D eigenvalue weighted by Gasteiger charge is -2.19. The average Bonchev–Trinajstić information content (AvgIpc) is 3.30. The summed E-state index contributed by atoms with van der Waals surface area (Å²) >= 11 is 7.44. The second kappa shape index (κ2) is 9.67. The Morgan fingerprint density at radius 3 is 2.29 bits per heavy atom. The summed E-state index contributed by atoms with van der Waals surface area (Å²) in [5.74, 6) is -0.703. The number of nitrogens with zero attached hydrogens (tertiary/aromatic N) is 1. The highest BCUT2D eigenvalue weighted by atomic mass is 35.5. The van der Waals surface area contributed by atoms with Gasteiger partial charge < -0.3 is 19.5 Å². The number of nitrogens with one attached hydrogen (secondary N) is 1. The molecule has 1 unspecified atom stereocenters. The SMILES string of the molecule is COc1cc(C(=O)NC(c2ccc(Cl)cc2)c2cccs2)c([N+](=O)[O-])c(OC)c1OC. The summed E-state index contributed by atoms with van der Waals surface area (Å²) < 4.78 is 15.7. The van der Waals surface area contributed by atoms with Crippen LogP contribution >= 0.6 is 22.9 Å². The molecule has 0 aliphatic rings. The Hall–Kier alpha value is -3.30. The normalized spacial score (nSPS) is 11.5. The van der Waals surface area contributed by atoms with E-state index < -0.39 is 22.6 Å². The Labute approximate surface area is 187 Å². The van der Waals surface area contributed by atoms with E-state index in [9.17, 15) is 14.9 Å². The van der Waals surface area contributed by atoms with Gasteiger partial charge in [-0.05, 0) is 29.1 Å². The van der Waals surface area contributed by atoms with Crippen LogP contribution in [0.1, 0.15) is 26.8 Å². The summed E-state index contributed by atoms with van der Waals surface area (Å²) in [6, 6.07) is 11.5. The van der Waals surface area contributed by atoms with Gasteiger partial charge in [0, 0.05) is 16.0 Å². The predicted molar refractivity (Wildman–Crippen MR) is 118 cm³/mol. The number of halogens is 1. The summed E-state index contributed by atoms with van der Waals surface area (Å²) in [7, 11) is 3.96. The van der Waals surface area contributed by atoms with Gasteiger partial charge >= 0.3 is 5.69 Å². The maximum absolute atomic E-state index is 13.3. The molecule has 0 bridgehead atoms. The Kier molecular flexibility index (Phi) is 6.98. The third-order valence-electron chi connectivity index (χ3n) is 4.54. The maximum atomic E-state index is 13.3. The van der Waals surface area contributed by atoms with Gasteiger partial charge in [-0.25, -0.2) is 0 Å². The molecule has 0 saturated carbocycles. The van der Waals surface area contributed by atoms with E-state index >= 15 is 0 Å². The van der Waals surface area contributed by atoms with Gasteiger partial charge in [0.2, 0.25) is 11.5 Å². The van der Waals surface area contributed by atoms with Gasteiger partial charge in [0.05, 0.1) is 32.3 Å². The molecule has 1 atom stereocenters. The van der Waals surface area contributed by atoms with Gasteiger partial charge in [-0.15, -0.1) is 11.3 Å². The molecule has 0 radical (unpaired) electrons. The standard InChI is InChI=1S/C21H19ClN2O6S/c1-28-15-11-14(18(24(26)27)20(30-3)19(15)29-2)21(25)23-17(16-5-4-10-31-16)12-6-8-13(22)9-7-12/h4-11,17H,1-3H3,(H,23,25). The Morgan fingerprint density at radius 2 is 1.77 bits per heavy atom. The summed E-state index contributed by atoms with van der Waals surface area (Å²) in [6.07, 6.45) is 0. The Balaban J connectivity index is 2.10. The first-order chi connectivity index (χ1) is 14.9. The number of thiophene rings is 1. The molecule has 0 fully saturated rings. The zero-order valence-corrected chi connectivity index (χ0v) is 18.5. The fraction of sp³-hybridized carbons (Fsp3) is 0.190. The van der Waals surface area contributed by atoms with E-state index in [4.69, 9.17) is 25.8 Å². The fourth-order valence-electron chi connectivity index (χ4n) is 3.13. The van der Waals surface area contributed by atoms with E-state index in [1.165, 1.54) is 38.7 Å². The Morgan fingerprint density at radius 1 is 1.10 bits per heavy atom. The monoisotopic (exact) mass is 462 g/mol. The molecule has 10 heteroatoms. The van der Waals surface area contributed by atoms with E-state index in [1.807, 2.05) is 17.5 Å². The van der Waals surface area contributed by atoms with Crippen LogP contribution in [0.5, 0.6) is 17.2 Å². The number of carbonyl (C=O) groups is 1. The zero-order valence-electron chi connectivity index (χ0n) is 16.9. The fourth-order valence-corrected chi connectivity index (χ4v) is 4.06. The van der Waals surface area contributed by atoms with Crippen LogP contribution in [-0.2, 0) is 0 Å². The highest BCUT2D eigenvalue weighted by Crippen LogP contribution is 2.46. The summed E-state index contributed by atoms with van der Waals surface area (Å²) in [5.41, 5.74) is 0.0454. The first-order valence-corrected chi connectivity index (χ1v) is 10.2. The van der Waals surface area contributed by atoms with Crippen molar-refractivity contribution in [2.24, 2.45) is 0 Å². The topological polar surface area (TPSA) is 99.9 Å². The van der Waals surface area contributed by atoms with Gasteiger partial charge in [-0.2, -0.15) is 0 Å². The second-order valence-corrected chi connectivity index (χ2v) is 7.69. The maximum Gasteiger partial charge on any atom is 0.327 e. The molecular weight excluding hydrogens is 444 g/mol. The second-order valence-electron chi connectivity index (χ2n) is 6.27. The van der Waals surface area contributed by atoms with Crippen LogP contribution < -0.4 is 19.5 Å². The third-order valence-corrected chi connectivity index (χ3v) is 5.73. The molecule has 0 saturated heterocycles. The smallest absolute Gasteiger partial charge is 0.327 e. The third kappa shape index (κ3) is 4.57. The van der Waals surface area contributed by atoms with E-state index in [1.54, 1.807) is 24.3 Å². The molecule has 1 N–H and O–H groups in total. The minimum absolute atomic E-state index is 0.0285. The molecule has 1 heterocycles. The Bertz CT molecular complexity index is 1090. The molecule has 3 aromatic rings. The van der Waals surface area contributed by atoms with E-state index in [0.717, 1.165) is 10.4 Å². The molecule has 0 aliphatic heterocycles. The van der Waals surface area contributed by atoms with E-state index in [0.29, 0.717) is 5.02 Å². The van der Waals surface area contributed by atoms with Gasteiger partial charge in [0.1, 0.15) is 5.56 Å². The number of hydrogen-bond donors (Lipinski definition) is 1. The number of methoxy groups -OCH3 is 3. The van der Waals surface area contributed by atoms with Crippen molar-refractivity contribution in [2.45, 2.75) is 6.04 Å². The lowest BCUT2D eigenvalue weighted by atomic mass is 10.0. The molecular formula is C21H19ClN2O6S. The quantitative estimate of drug-likeness (QED) is 0.379. The van der Waals surface area contributed by atoms with Crippen molar-refractivity contribution in [1.29, 1.82) is 0 Å². The van der Waals surface area contributed by atoms with Crippen molar-refractivity contribution in [3.63, 3.8) is 0 Å². The van der Waals surface area contributed by atoms with Crippen molar-refractivity contribution >= 4 is 34.5 Å². The zero-order chi connectivity index (χ0) is 22.5. The first kappa shape index (κ1) is 22.4. The molecule has 0 aliphatic carbocycles. The van der Waals surface area contributed by atoms with Crippen LogP contribution in [0.15, 0.2) is 47.8 Å². The van der Waals surface area contributed by atoms with Gasteiger partial charge in [0.25, 0.3) is 5.91 Å². The van der Waals surface area contributed by atoms with Crippen molar-refractivity contribution < 1.29 is 23.9 Å². The highest BCUT2D eigenvalue weighted by molar-refractivity contribution is 7.10. The van der Waals surface area contributed by atoms with Crippen molar-refractivity contribution in [3.05, 3.63) is 79.0 Å². The molecule has 1 aromatic heterocycles. The number of hydrogen-bond acceptors (Lipinski definition) is 7. The van der Waals surface area contributed by atoms with Crippen LogP contribution in [-0.4, -0.2) is 32.2 Å². The minimum Gasteiger partial charge on any atom is -0.493 e. The van der Waals surface area contributed by atoms with Gasteiger partial charge in [-0.1, -0.05) is 29.8 Å². The molecule has 162 valence electrons. The number of nitro benzene ring substituents is 1. The summed E-state index contributed by atoms with van der Waals surface area (Å²) in [4.78, 5) is 25.3. The number of carbonyl (C=O) groups excluding carboxylic acids is 1. The largest absolute Gasteiger partial charge is 0.493 e. The molecule has 31 heavy (non-hydrogen) atoms. The molecule has 3 rings (SSSR count). The van der Waals surface area contributed by atoms with Crippen molar-refractivity contribution in [1.82, 2.24) is 5.32 Å². The van der Waals surface area contributed by atoms with E-state index in [-0.39, 0.29) is 22.8 Å². The summed E-state index contributed by atoms with van der Waals surface area (Å²) in [5, 5.41) is 17.1. The van der Waals surface area contributed by atoms with Crippen molar-refractivity contribution in [3.8, 4) is 17.2 Å². The molecule has 1 amide bonds. The molecule has 2 aromatic carbocycles. The van der Waals surface area contributed by atoms with Gasteiger partial charge in [0.15, 0.2) is 5.75 Å². The number of amides is 1. The number of ether oxygens (including phenoxy) is 3. The van der Waals surface area contributed by atoms with Crippen LogP contribution in [0.3, 0.4) is 0 Å². The van der Waals surface area contributed by atoms with E-state index in [2.05, 4.69) is 5.32 Å². The van der Waals surface area contributed by atoms with Crippen LogP contribution in [0.4, 0.5) is 5.69 Å². The predicted octanol–water partition coefficient (Wildman–Crippen LogP) is 4.85. The number of nitro groups is 1. The molecule has 8 nitrogen and oxygen atoms in total. The summed E-state index contributed by atoms with van der Waals surface area (Å²) in [6.45, 7) is 0. The van der Waals surface area contributed by atoms with Crippen molar-refractivity contribution in [2.75, 3.05) is 21.3 Å². The minimum atomic E-state index is -0.682. The van der Waals surface area contributed by atoms with Gasteiger partial charge in [-0.3, -0.25) is 14.9 Å². The highest BCUT2D eigenvalue weighted by Gasteiger charge is 2.33.